The summed E-state index contributed by atoms with van der Waals surface area (Å²) >= 11 is 2.04. The summed E-state index contributed by atoms with van der Waals surface area (Å²) in [6.45, 7) is 0. The molecule has 0 aromatic heterocycles. The van der Waals surface area contributed by atoms with Crippen LogP contribution in [0.4, 0.5) is 0 Å². The quantitative estimate of drug-likeness (QED) is 0.741. The fourth-order valence-corrected chi connectivity index (χ4v) is 2.93. The van der Waals surface area contributed by atoms with Gasteiger partial charge >= 0.3 is 0 Å². The van der Waals surface area contributed by atoms with Crippen LogP contribution in [0.15, 0.2) is 24.3 Å². The first kappa shape index (κ1) is 8.95. The summed E-state index contributed by atoms with van der Waals surface area (Å²) in [7, 11) is 0. The molecule has 0 amide bonds. The lowest BCUT2D eigenvalue weighted by molar-refractivity contribution is 0.474. The van der Waals surface area contributed by atoms with Crippen molar-refractivity contribution in [2.24, 2.45) is 0 Å². The van der Waals surface area contributed by atoms with Gasteiger partial charge in [-0.2, -0.15) is 11.8 Å². The number of aromatic hydroxyl groups is 1. The van der Waals surface area contributed by atoms with E-state index in [0.29, 0.717) is 11.7 Å². The molecule has 0 saturated carbocycles. The summed E-state index contributed by atoms with van der Waals surface area (Å²) in [5.74, 6) is 3.63. The zero-order valence-corrected chi connectivity index (χ0v) is 8.39. The van der Waals surface area contributed by atoms with E-state index in [-0.39, 0.29) is 0 Å². The lowest BCUT2D eigenvalue weighted by atomic mass is 9.96. The van der Waals surface area contributed by atoms with Crippen molar-refractivity contribution >= 4 is 11.8 Å². The van der Waals surface area contributed by atoms with Crippen LogP contribution < -0.4 is 0 Å². The maximum Gasteiger partial charge on any atom is 0.115 e. The Kier molecular flexibility index (Phi) is 2.79. The van der Waals surface area contributed by atoms with Crippen molar-refractivity contribution in [3.05, 3.63) is 29.8 Å². The highest BCUT2D eigenvalue weighted by Crippen LogP contribution is 2.31. The van der Waals surface area contributed by atoms with E-state index in [2.05, 4.69) is 0 Å². The van der Waals surface area contributed by atoms with Gasteiger partial charge in [0.15, 0.2) is 0 Å². The van der Waals surface area contributed by atoms with Crippen molar-refractivity contribution in [1.29, 1.82) is 0 Å². The van der Waals surface area contributed by atoms with Gasteiger partial charge in [0.05, 0.1) is 0 Å². The van der Waals surface area contributed by atoms with Gasteiger partial charge < -0.3 is 5.11 Å². The summed E-state index contributed by atoms with van der Waals surface area (Å²) in [6, 6.07) is 7.67. The Morgan fingerprint density at radius 2 is 2.00 bits per heavy atom. The first-order chi connectivity index (χ1) is 6.36. The molecule has 0 spiro atoms. The van der Waals surface area contributed by atoms with Crippen LogP contribution in [0.25, 0.3) is 0 Å². The van der Waals surface area contributed by atoms with Crippen molar-refractivity contribution in [2.45, 2.75) is 18.8 Å². The van der Waals surface area contributed by atoms with Gasteiger partial charge in [0.2, 0.25) is 0 Å². The first-order valence-electron chi connectivity index (χ1n) is 4.73. The molecule has 1 saturated heterocycles. The molecule has 0 aliphatic carbocycles. The molecule has 13 heavy (non-hydrogen) atoms. The average molecular weight is 194 g/mol. The van der Waals surface area contributed by atoms with Gasteiger partial charge in [0.25, 0.3) is 0 Å². The second-order valence-electron chi connectivity index (χ2n) is 3.51. The number of hydrogen-bond donors (Lipinski definition) is 1. The summed E-state index contributed by atoms with van der Waals surface area (Å²) in [4.78, 5) is 0. The maximum absolute atomic E-state index is 9.15. The van der Waals surface area contributed by atoms with Crippen LogP contribution in [0, 0.1) is 0 Å². The largest absolute Gasteiger partial charge is 0.508 e. The van der Waals surface area contributed by atoms with Crippen LogP contribution in [-0.2, 0) is 0 Å². The molecule has 1 nitrogen and oxygen atoms in total. The molecular weight excluding hydrogens is 180 g/mol. The van der Waals surface area contributed by atoms with Crippen LogP contribution in [0.2, 0.25) is 0 Å². The zero-order chi connectivity index (χ0) is 9.10. The van der Waals surface area contributed by atoms with E-state index in [9.17, 15) is 0 Å². The summed E-state index contributed by atoms with van der Waals surface area (Å²) in [6.07, 6.45) is 2.63. The molecule has 2 heteroatoms. The van der Waals surface area contributed by atoms with E-state index in [1.807, 2.05) is 23.9 Å². The molecule has 0 radical (unpaired) electrons. The summed E-state index contributed by atoms with van der Waals surface area (Å²) < 4.78 is 0. The number of phenols is 1. The van der Waals surface area contributed by atoms with Gasteiger partial charge in [-0.3, -0.25) is 0 Å². The zero-order valence-electron chi connectivity index (χ0n) is 7.57. The molecule has 70 valence electrons. The molecule has 1 aliphatic rings. The topological polar surface area (TPSA) is 20.2 Å². The number of thioether (sulfide) groups is 1. The van der Waals surface area contributed by atoms with Gasteiger partial charge in [-0.15, -0.1) is 0 Å². The smallest absolute Gasteiger partial charge is 0.115 e. The van der Waals surface area contributed by atoms with Crippen molar-refractivity contribution in [1.82, 2.24) is 0 Å². The second-order valence-corrected chi connectivity index (χ2v) is 4.66. The lowest BCUT2D eigenvalue weighted by Gasteiger charge is -2.21. The van der Waals surface area contributed by atoms with E-state index in [4.69, 9.17) is 5.11 Å². The molecule has 1 unspecified atom stereocenters. The molecule has 1 N–H and O–H groups in total. The highest BCUT2D eigenvalue weighted by atomic mass is 32.2. The van der Waals surface area contributed by atoms with Crippen LogP contribution in [0.3, 0.4) is 0 Å². The average Bonchev–Trinajstić information content (AvgIpc) is 2.20. The van der Waals surface area contributed by atoms with Crippen molar-refractivity contribution in [2.75, 3.05) is 11.5 Å². The summed E-state index contributed by atoms with van der Waals surface area (Å²) in [5.41, 5.74) is 1.38. The number of benzene rings is 1. The van der Waals surface area contributed by atoms with Gasteiger partial charge in [0.1, 0.15) is 5.75 Å². The molecule has 1 heterocycles. The fraction of sp³-hybridized carbons (Fsp3) is 0.455. The lowest BCUT2D eigenvalue weighted by Crippen LogP contribution is -2.08. The molecular formula is C11H14OS. The Labute approximate surface area is 83.2 Å². The van der Waals surface area contributed by atoms with E-state index in [0.717, 1.165) is 0 Å². The molecule has 2 rings (SSSR count). The number of hydrogen-bond acceptors (Lipinski definition) is 2. The predicted molar refractivity (Wildman–Crippen MR) is 57.4 cm³/mol. The third-order valence-corrected chi connectivity index (χ3v) is 3.74. The Hall–Kier alpha value is -0.630. The molecule has 1 aromatic rings. The molecule has 1 atom stereocenters. The predicted octanol–water partition coefficient (Wildman–Crippen LogP) is 3.00. The van der Waals surface area contributed by atoms with Crippen LogP contribution >= 0.6 is 11.8 Å². The van der Waals surface area contributed by atoms with Crippen molar-refractivity contribution in [3.63, 3.8) is 0 Å². The van der Waals surface area contributed by atoms with Gasteiger partial charge in [-0.25, -0.2) is 0 Å². The monoisotopic (exact) mass is 194 g/mol. The Morgan fingerprint density at radius 3 is 2.62 bits per heavy atom. The van der Waals surface area contributed by atoms with Crippen molar-refractivity contribution in [3.8, 4) is 5.75 Å². The van der Waals surface area contributed by atoms with E-state index in [1.165, 1.54) is 29.9 Å². The molecule has 0 bridgehead atoms. The van der Waals surface area contributed by atoms with Gasteiger partial charge in [-0.1, -0.05) is 12.1 Å². The van der Waals surface area contributed by atoms with E-state index in [1.54, 1.807) is 12.1 Å². The normalized spacial score (nSPS) is 22.9. The minimum Gasteiger partial charge on any atom is -0.508 e. The Morgan fingerprint density at radius 1 is 1.23 bits per heavy atom. The van der Waals surface area contributed by atoms with E-state index >= 15 is 0 Å². The third kappa shape index (κ3) is 2.19. The highest BCUT2D eigenvalue weighted by Gasteiger charge is 2.15. The maximum atomic E-state index is 9.15. The van der Waals surface area contributed by atoms with Gasteiger partial charge in [-0.05, 0) is 42.2 Å². The van der Waals surface area contributed by atoms with Crippen LogP contribution in [0.5, 0.6) is 5.75 Å². The molecule has 1 fully saturated rings. The Balaban J connectivity index is 2.10. The standard InChI is InChI=1S/C11H14OS/c12-11-5-3-9(4-6-11)10-2-1-7-13-8-10/h3-6,10,12H,1-2,7-8H2. The highest BCUT2D eigenvalue weighted by molar-refractivity contribution is 7.99. The third-order valence-electron chi connectivity index (χ3n) is 2.52. The fourth-order valence-electron chi connectivity index (χ4n) is 1.75. The second kappa shape index (κ2) is 4.05. The SMILES string of the molecule is Oc1ccc(C2CCCSC2)cc1. The number of rotatable bonds is 1. The number of phenolic OH excluding ortho intramolecular Hbond substituents is 1. The van der Waals surface area contributed by atoms with Crippen LogP contribution in [0.1, 0.15) is 24.3 Å². The minimum atomic E-state index is 0.368. The van der Waals surface area contributed by atoms with Gasteiger partial charge in [0, 0.05) is 5.75 Å². The van der Waals surface area contributed by atoms with E-state index < -0.39 is 0 Å². The van der Waals surface area contributed by atoms with Crippen molar-refractivity contribution < 1.29 is 5.11 Å². The molecule has 1 aromatic carbocycles. The van der Waals surface area contributed by atoms with Crippen LogP contribution in [-0.4, -0.2) is 16.6 Å². The first-order valence-corrected chi connectivity index (χ1v) is 5.88. The summed E-state index contributed by atoms with van der Waals surface area (Å²) in [5, 5.41) is 9.15. The molecule has 1 aliphatic heterocycles. The minimum absolute atomic E-state index is 0.368. The Bertz CT molecular complexity index is 262.